The molecule has 1 aliphatic carbocycles. The predicted molar refractivity (Wildman–Crippen MR) is 172 cm³/mol. The van der Waals surface area contributed by atoms with E-state index in [1.165, 1.54) is 0 Å². The largest absolute Gasteiger partial charge is 0.382 e. The van der Waals surface area contributed by atoms with E-state index in [1.807, 2.05) is 24.4 Å². The van der Waals surface area contributed by atoms with Gasteiger partial charge in [0.2, 0.25) is 0 Å². The van der Waals surface area contributed by atoms with Crippen LogP contribution in [0.3, 0.4) is 0 Å². The standard InChI is InChI=1S/C34H40N8O/c1-22(2)37-30(43)21-40-14-16-41(17-15-40)27-18-26(19-27)34-39-31(32-33(35)36-12-13-42(32)34)25-9-8-24-10-11-28(38-29(24)20-25)23-6-4-3-5-7-23/h3-13,20,22,26-27,30,37,43H,14-19,21H2,1-2H3,(H2,35,36)/t26-,27+,30?. The second-order valence-corrected chi connectivity index (χ2v) is 12.3. The van der Waals surface area contributed by atoms with E-state index in [9.17, 15) is 5.11 Å². The SMILES string of the molecule is CC(C)NC(O)CN1CCN([C@H]2C[C@@H](c3nc(-c4ccc5ccc(-c6ccccc6)nc5c4)c4c(N)nccn43)C2)CC1. The summed E-state index contributed by atoms with van der Waals surface area (Å²) in [5.74, 6) is 1.91. The molecule has 9 heteroatoms. The van der Waals surface area contributed by atoms with E-state index in [-0.39, 0.29) is 6.04 Å². The molecule has 5 aromatic rings. The summed E-state index contributed by atoms with van der Waals surface area (Å²) in [6.45, 7) is 8.83. The predicted octanol–water partition coefficient (Wildman–Crippen LogP) is 4.37. The van der Waals surface area contributed by atoms with Gasteiger partial charge in [0.05, 0.1) is 11.2 Å². The Bertz CT molecular complexity index is 1720. The number of piperazine rings is 1. The van der Waals surface area contributed by atoms with Gasteiger partial charge in [0.25, 0.3) is 0 Å². The number of rotatable bonds is 8. The highest BCUT2D eigenvalue weighted by atomic mass is 16.3. The summed E-state index contributed by atoms with van der Waals surface area (Å²) in [5.41, 5.74) is 12.2. The second-order valence-electron chi connectivity index (χ2n) is 12.3. The molecule has 9 nitrogen and oxygen atoms in total. The zero-order valence-electron chi connectivity index (χ0n) is 24.9. The highest BCUT2D eigenvalue weighted by molar-refractivity contribution is 5.91. The number of aromatic nitrogens is 4. The van der Waals surface area contributed by atoms with Crippen LogP contribution in [0.2, 0.25) is 0 Å². The van der Waals surface area contributed by atoms with Crippen LogP contribution in [-0.2, 0) is 0 Å². The molecule has 2 aromatic carbocycles. The normalized spacial score (nSPS) is 20.6. The van der Waals surface area contributed by atoms with Crippen LogP contribution in [0.4, 0.5) is 5.82 Å². The second kappa shape index (κ2) is 11.7. The Balaban J connectivity index is 1.10. The van der Waals surface area contributed by atoms with Gasteiger partial charge in [-0.05, 0) is 38.8 Å². The van der Waals surface area contributed by atoms with Crippen molar-refractivity contribution in [1.29, 1.82) is 0 Å². The molecule has 0 amide bonds. The van der Waals surface area contributed by atoms with Crippen LogP contribution in [0, 0.1) is 0 Å². The third kappa shape index (κ3) is 5.61. The Morgan fingerprint density at radius 2 is 1.72 bits per heavy atom. The molecule has 1 atom stereocenters. The minimum absolute atomic E-state index is 0.277. The number of aliphatic hydroxyl groups is 1. The number of aliphatic hydroxyl groups excluding tert-OH is 1. The molecule has 4 heterocycles. The number of nitrogen functional groups attached to an aromatic ring is 1. The van der Waals surface area contributed by atoms with Crippen LogP contribution in [0.5, 0.6) is 0 Å². The van der Waals surface area contributed by atoms with Gasteiger partial charge in [0.15, 0.2) is 0 Å². The molecule has 3 aromatic heterocycles. The first kappa shape index (κ1) is 27.9. The first-order valence-corrected chi connectivity index (χ1v) is 15.4. The molecule has 43 heavy (non-hydrogen) atoms. The lowest BCUT2D eigenvalue weighted by molar-refractivity contribution is 0.0203. The lowest BCUT2D eigenvalue weighted by Gasteiger charge is -2.46. The number of nitrogens with zero attached hydrogens (tertiary/aromatic N) is 6. The molecule has 0 spiro atoms. The van der Waals surface area contributed by atoms with Crippen LogP contribution >= 0.6 is 0 Å². The molecule has 7 rings (SSSR count). The number of nitrogens with one attached hydrogen (secondary N) is 1. The number of pyridine rings is 1. The zero-order valence-corrected chi connectivity index (χ0v) is 24.9. The molecule has 1 unspecified atom stereocenters. The monoisotopic (exact) mass is 576 g/mol. The average Bonchev–Trinajstić information content (AvgIpc) is 3.37. The molecular formula is C34H40N8O. The summed E-state index contributed by atoms with van der Waals surface area (Å²) in [7, 11) is 0. The van der Waals surface area contributed by atoms with E-state index in [0.717, 1.165) is 83.8 Å². The van der Waals surface area contributed by atoms with E-state index in [1.54, 1.807) is 6.20 Å². The third-order valence-electron chi connectivity index (χ3n) is 9.00. The maximum absolute atomic E-state index is 10.3. The number of β-amino-alcohol motifs (C(OH)–C–C–N with tert-alkyl or cyclic N) is 1. The molecule has 222 valence electrons. The van der Waals surface area contributed by atoms with Crippen molar-refractivity contribution >= 4 is 22.2 Å². The average molecular weight is 577 g/mol. The lowest BCUT2D eigenvalue weighted by atomic mass is 9.78. The van der Waals surface area contributed by atoms with Crippen LogP contribution in [-0.4, -0.2) is 85.3 Å². The van der Waals surface area contributed by atoms with E-state index in [0.29, 0.717) is 24.3 Å². The topological polar surface area (TPSA) is 108 Å². The maximum Gasteiger partial charge on any atom is 0.150 e. The van der Waals surface area contributed by atoms with E-state index >= 15 is 0 Å². The molecule has 1 aliphatic heterocycles. The fraction of sp³-hybridized carbons (Fsp3) is 0.382. The number of fused-ring (bicyclic) bond motifs is 2. The van der Waals surface area contributed by atoms with Crippen LogP contribution in [0.1, 0.15) is 38.4 Å². The highest BCUT2D eigenvalue weighted by Crippen LogP contribution is 2.42. The van der Waals surface area contributed by atoms with Crippen molar-refractivity contribution < 1.29 is 5.11 Å². The molecule has 2 aliphatic rings. The number of anilines is 1. The van der Waals surface area contributed by atoms with Gasteiger partial charge >= 0.3 is 0 Å². The molecule has 0 bridgehead atoms. The summed E-state index contributed by atoms with van der Waals surface area (Å²) >= 11 is 0. The number of nitrogens with two attached hydrogens (primary N) is 1. The van der Waals surface area contributed by atoms with Gasteiger partial charge in [-0.1, -0.05) is 48.5 Å². The van der Waals surface area contributed by atoms with Gasteiger partial charge in [-0.2, -0.15) is 0 Å². The molecule has 4 N–H and O–H groups in total. The zero-order chi connectivity index (χ0) is 29.5. The maximum atomic E-state index is 10.3. The minimum Gasteiger partial charge on any atom is -0.382 e. The van der Waals surface area contributed by atoms with Gasteiger partial charge < -0.3 is 10.8 Å². The Labute approximate surface area is 252 Å². The Hall–Kier alpha value is -3.89. The van der Waals surface area contributed by atoms with Gasteiger partial charge in [-0.25, -0.2) is 15.0 Å². The molecular weight excluding hydrogens is 536 g/mol. The van der Waals surface area contributed by atoms with E-state index < -0.39 is 6.23 Å². The van der Waals surface area contributed by atoms with Gasteiger partial charge in [0, 0.05) is 79.6 Å². The van der Waals surface area contributed by atoms with Crippen LogP contribution < -0.4 is 11.1 Å². The third-order valence-corrected chi connectivity index (χ3v) is 9.00. The van der Waals surface area contributed by atoms with Crippen molar-refractivity contribution in [2.24, 2.45) is 0 Å². The van der Waals surface area contributed by atoms with Crippen LogP contribution in [0.15, 0.2) is 73.1 Å². The first-order chi connectivity index (χ1) is 20.9. The molecule has 0 radical (unpaired) electrons. The van der Waals surface area contributed by atoms with Crippen molar-refractivity contribution in [3.63, 3.8) is 0 Å². The van der Waals surface area contributed by atoms with Crippen molar-refractivity contribution in [2.75, 3.05) is 38.5 Å². The van der Waals surface area contributed by atoms with Gasteiger partial charge in [0.1, 0.15) is 29.1 Å². The summed E-state index contributed by atoms with van der Waals surface area (Å²) in [4.78, 5) is 19.6. The highest BCUT2D eigenvalue weighted by Gasteiger charge is 2.38. The summed E-state index contributed by atoms with van der Waals surface area (Å²) < 4.78 is 2.15. The van der Waals surface area contributed by atoms with Crippen molar-refractivity contribution in [1.82, 2.24) is 34.5 Å². The Kier molecular flexibility index (Phi) is 7.56. The van der Waals surface area contributed by atoms with Gasteiger partial charge in [-0.15, -0.1) is 0 Å². The molecule has 1 saturated carbocycles. The number of hydrogen-bond donors (Lipinski definition) is 3. The minimum atomic E-state index is -0.478. The van der Waals surface area contributed by atoms with E-state index in [2.05, 4.69) is 80.8 Å². The smallest absolute Gasteiger partial charge is 0.150 e. The summed E-state index contributed by atoms with van der Waals surface area (Å²) in [5, 5.41) is 14.6. The van der Waals surface area contributed by atoms with Crippen molar-refractivity contribution in [2.45, 2.75) is 50.9 Å². The molecule has 2 fully saturated rings. The number of hydrogen-bond acceptors (Lipinski definition) is 8. The Morgan fingerprint density at radius 3 is 2.49 bits per heavy atom. The van der Waals surface area contributed by atoms with E-state index in [4.69, 9.17) is 15.7 Å². The first-order valence-electron chi connectivity index (χ1n) is 15.4. The lowest BCUT2D eigenvalue weighted by Crippen LogP contribution is -2.55. The number of imidazole rings is 1. The molecule has 1 saturated heterocycles. The van der Waals surface area contributed by atoms with Crippen molar-refractivity contribution in [3.05, 3.63) is 78.9 Å². The number of benzene rings is 2. The fourth-order valence-corrected chi connectivity index (χ4v) is 6.70. The van der Waals surface area contributed by atoms with Crippen LogP contribution in [0.25, 0.3) is 38.9 Å². The summed E-state index contributed by atoms with van der Waals surface area (Å²) in [6, 6.07) is 21.6. The van der Waals surface area contributed by atoms with Crippen molar-refractivity contribution in [3.8, 4) is 22.5 Å². The Morgan fingerprint density at radius 1 is 0.953 bits per heavy atom. The summed E-state index contributed by atoms with van der Waals surface area (Å²) in [6.07, 6.45) is 5.44. The quantitative estimate of drug-likeness (QED) is 0.234. The van der Waals surface area contributed by atoms with Gasteiger partial charge in [-0.3, -0.25) is 19.5 Å². The fourth-order valence-electron chi connectivity index (χ4n) is 6.70.